The first-order valence-corrected chi connectivity index (χ1v) is 6.64. The van der Waals surface area contributed by atoms with Gasteiger partial charge in [-0.2, -0.15) is 0 Å². The normalized spacial score (nSPS) is 33.4. The molecule has 2 rings (SSSR count). The van der Waals surface area contributed by atoms with Gasteiger partial charge >= 0.3 is 0 Å². The molecule has 15 heavy (non-hydrogen) atoms. The molecule has 0 spiro atoms. The molecule has 1 saturated carbocycles. The SMILES string of the molecule is CC(O)C(C)N1CCCC1C1CCCC1. The average Bonchev–Trinajstić information content (AvgIpc) is 2.86. The number of aliphatic hydroxyl groups excluding tert-OH is 1. The number of hydrogen-bond donors (Lipinski definition) is 1. The molecule has 0 aromatic heterocycles. The first-order valence-electron chi connectivity index (χ1n) is 6.64. The monoisotopic (exact) mass is 211 g/mol. The summed E-state index contributed by atoms with van der Waals surface area (Å²) >= 11 is 0. The molecule has 0 aromatic rings. The van der Waals surface area contributed by atoms with E-state index in [9.17, 15) is 5.11 Å². The molecule has 1 aliphatic carbocycles. The fourth-order valence-electron chi connectivity index (χ4n) is 3.45. The van der Waals surface area contributed by atoms with E-state index < -0.39 is 0 Å². The van der Waals surface area contributed by atoms with Gasteiger partial charge in [-0.05, 0) is 52.0 Å². The molecule has 2 aliphatic rings. The van der Waals surface area contributed by atoms with Gasteiger partial charge in [0.15, 0.2) is 0 Å². The minimum absolute atomic E-state index is 0.188. The summed E-state index contributed by atoms with van der Waals surface area (Å²) in [5, 5.41) is 9.70. The predicted octanol–water partition coefficient (Wildman–Crippen LogP) is 2.41. The smallest absolute Gasteiger partial charge is 0.0664 e. The maximum Gasteiger partial charge on any atom is 0.0664 e. The van der Waals surface area contributed by atoms with Gasteiger partial charge < -0.3 is 5.11 Å². The van der Waals surface area contributed by atoms with Crippen molar-refractivity contribution in [1.82, 2.24) is 4.90 Å². The average molecular weight is 211 g/mol. The topological polar surface area (TPSA) is 23.5 Å². The molecule has 0 aromatic carbocycles. The first kappa shape index (κ1) is 11.4. The maximum atomic E-state index is 9.70. The van der Waals surface area contributed by atoms with Gasteiger partial charge in [0, 0.05) is 12.1 Å². The molecule has 0 radical (unpaired) electrons. The standard InChI is InChI=1S/C13H25NO/c1-10(11(2)15)14-9-5-8-13(14)12-6-3-4-7-12/h10-13,15H,3-9H2,1-2H3. The van der Waals surface area contributed by atoms with Gasteiger partial charge in [-0.15, -0.1) is 0 Å². The lowest BCUT2D eigenvalue weighted by Crippen LogP contribution is -2.45. The van der Waals surface area contributed by atoms with Gasteiger partial charge in [0.25, 0.3) is 0 Å². The Morgan fingerprint density at radius 2 is 1.73 bits per heavy atom. The molecule has 3 atom stereocenters. The van der Waals surface area contributed by atoms with E-state index in [1.54, 1.807) is 0 Å². The van der Waals surface area contributed by atoms with Crippen LogP contribution >= 0.6 is 0 Å². The van der Waals surface area contributed by atoms with E-state index in [4.69, 9.17) is 0 Å². The molecule has 0 bridgehead atoms. The fraction of sp³-hybridized carbons (Fsp3) is 1.00. The quantitative estimate of drug-likeness (QED) is 0.775. The molecule has 1 N–H and O–H groups in total. The van der Waals surface area contributed by atoms with Crippen molar-refractivity contribution in [3.63, 3.8) is 0 Å². The second-order valence-electron chi connectivity index (χ2n) is 5.47. The molecule has 2 nitrogen and oxygen atoms in total. The van der Waals surface area contributed by atoms with Crippen molar-refractivity contribution in [3.8, 4) is 0 Å². The highest BCUT2D eigenvalue weighted by atomic mass is 16.3. The van der Waals surface area contributed by atoms with Crippen molar-refractivity contribution < 1.29 is 5.11 Å². The molecular formula is C13H25NO. The second-order valence-corrected chi connectivity index (χ2v) is 5.47. The van der Waals surface area contributed by atoms with Crippen LogP contribution < -0.4 is 0 Å². The van der Waals surface area contributed by atoms with Gasteiger partial charge in [0.1, 0.15) is 0 Å². The Labute approximate surface area is 93.7 Å². The Balaban J connectivity index is 1.97. The van der Waals surface area contributed by atoms with E-state index in [1.807, 2.05) is 6.92 Å². The minimum atomic E-state index is -0.188. The number of rotatable bonds is 3. The van der Waals surface area contributed by atoms with Crippen LogP contribution in [0.25, 0.3) is 0 Å². The number of likely N-dealkylation sites (tertiary alicyclic amines) is 1. The molecular weight excluding hydrogens is 186 g/mol. The Kier molecular flexibility index (Phi) is 3.68. The number of aliphatic hydroxyl groups is 1. The van der Waals surface area contributed by atoms with Crippen LogP contribution in [0.4, 0.5) is 0 Å². The Morgan fingerprint density at radius 3 is 2.33 bits per heavy atom. The lowest BCUT2D eigenvalue weighted by Gasteiger charge is -2.35. The van der Waals surface area contributed by atoms with E-state index >= 15 is 0 Å². The van der Waals surface area contributed by atoms with Crippen molar-refractivity contribution in [2.75, 3.05) is 6.54 Å². The van der Waals surface area contributed by atoms with Gasteiger partial charge in [0.2, 0.25) is 0 Å². The zero-order chi connectivity index (χ0) is 10.8. The zero-order valence-electron chi connectivity index (χ0n) is 10.2. The van der Waals surface area contributed by atoms with Gasteiger partial charge in [-0.25, -0.2) is 0 Å². The molecule has 1 saturated heterocycles. The molecule has 2 heteroatoms. The highest BCUT2D eigenvalue weighted by molar-refractivity contribution is 4.90. The van der Waals surface area contributed by atoms with Crippen molar-refractivity contribution in [2.24, 2.45) is 5.92 Å². The molecule has 3 unspecified atom stereocenters. The van der Waals surface area contributed by atoms with Crippen molar-refractivity contribution in [2.45, 2.75) is 70.6 Å². The summed E-state index contributed by atoms with van der Waals surface area (Å²) < 4.78 is 0. The van der Waals surface area contributed by atoms with E-state index in [0.29, 0.717) is 6.04 Å². The van der Waals surface area contributed by atoms with Crippen LogP contribution in [0.3, 0.4) is 0 Å². The minimum Gasteiger partial charge on any atom is -0.392 e. The van der Waals surface area contributed by atoms with Gasteiger partial charge in [0.05, 0.1) is 6.10 Å². The zero-order valence-corrected chi connectivity index (χ0v) is 10.2. The van der Waals surface area contributed by atoms with E-state index in [-0.39, 0.29) is 6.10 Å². The molecule has 2 fully saturated rings. The van der Waals surface area contributed by atoms with Crippen LogP contribution in [-0.2, 0) is 0 Å². The molecule has 1 heterocycles. The van der Waals surface area contributed by atoms with Crippen LogP contribution in [-0.4, -0.2) is 34.7 Å². The second kappa shape index (κ2) is 4.84. The van der Waals surface area contributed by atoms with Gasteiger partial charge in [-0.3, -0.25) is 4.90 Å². The highest BCUT2D eigenvalue weighted by Crippen LogP contribution is 2.36. The largest absolute Gasteiger partial charge is 0.392 e. The Bertz CT molecular complexity index is 191. The third-order valence-corrected chi connectivity index (χ3v) is 4.51. The van der Waals surface area contributed by atoms with Crippen LogP contribution in [0.5, 0.6) is 0 Å². The van der Waals surface area contributed by atoms with E-state index in [1.165, 1.54) is 45.1 Å². The summed E-state index contributed by atoms with van der Waals surface area (Å²) in [4.78, 5) is 2.57. The highest BCUT2D eigenvalue weighted by Gasteiger charge is 2.36. The van der Waals surface area contributed by atoms with E-state index in [2.05, 4.69) is 11.8 Å². The lowest BCUT2D eigenvalue weighted by molar-refractivity contribution is 0.0473. The van der Waals surface area contributed by atoms with Crippen molar-refractivity contribution in [1.29, 1.82) is 0 Å². The van der Waals surface area contributed by atoms with Crippen LogP contribution in [0, 0.1) is 5.92 Å². The first-order chi connectivity index (χ1) is 7.20. The third-order valence-electron chi connectivity index (χ3n) is 4.51. The fourth-order valence-corrected chi connectivity index (χ4v) is 3.45. The molecule has 1 aliphatic heterocycles. The number of hydrogen-bond acceptors (Lipinski definition) is 2. The Hall–Kier alpha value is -0.0800. The van der Waals surface area contributed by atoms with Crippen LogP contribution in [0.1, 0.15) is 52.4 Å². The van der Waals surface area contributed by atoms with Crippen LogP contribution in [0.15, 0.2) is 0 Å². The molecule has 88 valence electrons. The third kappa shape index (κ3) is 2.36. The number of nitrogens with zero attached hydrogens (tertiary/aromatic N) is 1. The van der Waals surface area contributed by atoms with Crippen molar-refractivity contribution >= 4 is 0 Å². The Morgan fingerprint density at radius 1 is 1.07 bits per heavy atom. The summed E-state index contributed by atoms with van der Waals surface area (Å²) in [6.07, 6.45) is 8.21. The van der Waals surface area contributed by atoms with E-state index in [0.717, 1.165) is 12.0 Å². The molecule has 0 amide bonds. The van der Waals surface area contributed by atoms with Crippen LogP contribution in [0.2, 0.25) is 0 Å². The van der Waals surface area contributed by atoms with Gasteiger partial charge in [-0.1, -0.05) is 12.8 Å². The summed E-state index contributed by atoms with van der Waals surface area (Å²) in [5.41, 5.74) is 0. The summed E-state index contributed by atoms with van der Waals surface area (Å²) in [6.45, 7) is 5.31. The predicted molar refractivity (Wildman–Crippen MR) is 62.8 cm³/mol. The summed E-state index contributed by atoms with van der Waals surface area (Å²) in [7, 11) is 0. The lowest BCUT2D eigenvalue weighted by atomic mass is 9.95. The maximum absolute atomic E-state index is 9.70. The summed E-state index contributed by atoms with van der Waals surface area (Å²) in [5.74, 6) is 0.925. The summed E-state index contributed by atoms with van der Waals surface area (Å²) in [6, 6.07) is 1.12. The van der Waals surface area contributed by atoms with Crippen molar-refractivity contribution in [3.05, 3.63) is 0 Å².